The van der Waals surface area contributed by atoms with Gasteiger partial charge in [0.2, 0.25) is 11.9 Å². The second-order valence-electron chi connectivity index (χ2n) is 11.9. The van der Waals surface area contributed by atoms with Crippen LogP contribution in [0.2, 0.25) is 0 Å². The fraction of sp³-hybridized carbons (Fsp3) is 0.406. The van der Waals surface area contributed by atoms with Gasteiger partial charge in [-0.2, -0.15) is 4.98 Å². The third kappa shape index (κ3) is 7.40. The maximum absolute atomic E-state index is 12.6. The number of aromatic nitrogens is 4. The molecule has 226 valence electrons. The van der Waals surface area contributed by atoms with Crippen LogP contribution in [0.5, 0.6) is 0 Å². The number of hydrogen-bond donors (Lipinski definition) is 2. The molecule has 2 aromatic carbocycles. The average Bonchev–Trinajstić information content (AvgIpc) is 3.38. The van der Waals surface area contributed by atoms with Gasteiger partial charge in [-0.25, -0.2) is 14.8 Å². The zero-order valence-corrected chi connectivity index (χ0v) is 25.5. The van der Waals surface area contributed by atoms with Gasteiger partial charge in [-0.15, -0.1) is 0 Å². The van der Waals surface area contributed by atoms with Gasteiger partial charge in [0.15, 0.2) is 0 Å². The van der Waals surface area contributed by atoms with E-state index in [-0.39, 0.29) is 12.5 Å². The van der Waals surface area contributed by atoms with Crippen molar-refractivity contribution >= 4 is 40.5 Å². The highest BCUT2D eigenvalue weighted by Crippen LogP contribution is 2.34. The number of alkyl carbamates (subject to hydrolysis) is 1. The van der Waals surface area contributed by atoms with E-state index < -0.39 is 11.7 Å². The number of piperidine rings is 1. The Kier molecular flexibility index (Phi) is 8.79. The second-order valence-corrected chi connectivity index (χ2v) is 11.9. The van der Waals surface area contributed by atoms with Crippen molar-refractivity contribution in [3.05, 3.63) is 61.1 Å². The van der Waals surface area contributed by atoms with Crippen LogP contribution in [0, 0.1) is 5.92 Å². The summed E-state index contributed by atoms with van der Waals surface area (Å²) in [7, 11) is 4.00. The summed E-state index contributed by atoms with van der Waals surface area (Å²) in [5.74, 6) is 1.62. The Morgan fingerprint density at radius 2 is 1.81 bits per heavy atom. The predicted octanol–water partition coefficient (Wildman–Crippen LogP) is 4.97. The van der Waals surface area contributed by atoms with Crippen LogP contribution in [0.25, 0.3) is 22.2 Å². The molecular weight excluding hydrogens is 544 g/mol. The molecule has 2 aromatic heterocycles. The zero-order chi connectivity index (χ0) is 30.6. The number of carbonyl (C=O) groups excluding carboxylic acids is 2. The molecule has 0 radical (unpaired) electrons. The first-order chi connectivity index (χ1) is 20.6. The Bertz CT molecular complexity index is 1570. The number of carbonyl (C=O) groups is 2. The third-order valence-corrected chi connectivity index (χ3v) is 7.57. The number of anilines is 3. The number of aryl methyl sites for hydroxylation is 1. The summed E-state index contributed by atoms with van der Waals surface area (Å²) >= 11 is 0. The van der Waals surface area contributed by atoms with Crippen LogP contribution in [-0.2, 0) is 16.6 Å². The molecule has 2 N–H and O–H groups in total. The second kappa shape index (κ2) is 12.7. The monoisotopic (exact) mass is 584 g/mol. The molecule has 0 bridgehead atoms. The fourth-order valence-electron chi connectivity index (χ4n) is 5.20. The summed E-state index contributed by atoms with van der Waals surface area (Å²) in [5, 5.41) is 5.95. The lowest BCUT2D eigenvalue weighted by Crippen LogP contribution is -2.45. The largest absolute Gasteiger partial charge is 0.444 e. The summed E-state index contributed by atoms with van der Waals surface area (Å²) in [4.78, 5) is 42.2. The van der Waals surface area contributed by atoms with Gasteiger partial charge in [0.1, 0.15) is 18.0 Å². The smallest absolute Gasteiger partial charge is 0.408 e. The van der Waals surface area contributed by atoms with Crippen LogP contribution in [0.3, 0.4) is 0 Å². The van der Waals surface area contributed by atoms with Gasteiger partial charge in [-0.05, 0) is 63.3 Å². The van der Waals surface area contributed by atoms with E-state index in [0.717, 1.165) is 46.5 Å². The van der Waals surface area contributed by atoms with E-state index in [1.54, 1.807) is 31.9 Å². The Balaban J connectivity index is 1.18. The van der Waals surface area contributed by atoms with E-state index in [9.17, 15) is 9.59 Å². The van der Waals surface area contributed by atoms with Gasteiger partial charge < -0.3 is 29.7 Å². The summed E-state index contributed by atoms with van der Waals surface area (Å²) in [6.07, 6.45) is 4.74. The highest BCUT2D eigenvalue weighted by molar-refractivity contribution is 5.95. The highest BCUT2D eigenvalue weighted by Gasteiger charge is 2.24. The van der Waals surface area contributed by atoms with Crippen LogP contribution in [-0.4, -0.2) is 75.2 Å². The number of benzene rings is 2. The maximum atomic E-state index is 12.6. The number of hydrogen-bond acceptors (Lipinski definition) is 8. The van der Waals surface area contributed by atoms with Gasteiger partial charge >= 0.3 is 6.09 Å². The molecule has 0 unspecified atom stereocenters. The van der Waals surface area contributed by atoms with Crippen molar-refractivity contribution < 1.29 is 14.3 Å². The van der Waals surface area contributed by atoms with Gasteiger partial charge in [-0.1, -0.05) is 30.3 Å². The minimum Gasteiger partial charge on any atom is -0.444 e. The zero-order valence-electron chi connectivity index (χ0n) is 25.5. The Morgan fingerprint density at radius 3 is 2.53 bits per heavy atom. The van der Waals surface area contributed by atoms with Gasteiger partial charge in [0, 0.05) is 51.2 Å². The number of imidazole rings is 1. The van der Waals surface area contributed by atoms with Gasteiger partial charge in [-0.3, -0.25) is 4.79 Å². The third-order valence-electron chi connectivity index (χ3n) is 7.57. The molecule has 1 fully saturated rings. The molecule has 5 rings (SSSR count). The average molecular weight is 585 g/mol. The number of amides is 2. The van der Waals surface area contributed by atoms with Crippen molar-refractivity contribution in [2.75, 3.05) is 43.4 Å². The van der Waals surface area contributed by atoms with Gasteiger partial charge in [0.05, 0.1) is 17.4 Å². The predicted molar refractivity (Wildman–Crippen MR) is 168 cm³/mol. The molecule has 1 aliphatic heterocycles. The van der Waals surface area contributed by atoms with E-state index >= 15 is 0 Å². The van der Waals surface area contributed by atoms with Crippen molar-refractivity contribution in [2.45, 2.75) is 39.2 Å². The molecule has 3 heterocycles. The minimum atomic E-state index is -0.600. The first-order valence-corrected chi connectivity index (χ1v) is 14.6. The van der Waals surface area contributed by atoms with E-state index in [1.165, 1.54) is 0 Å². The molecule has 43 heavy (non-hydrogen) atoms. The molecule has 0 atom stereocenters. The van der Waals surface area contributed by atoms with E-state index in [4.69, 9.17) is 9.72 Å². The molecule has 11 heteroatoms. The topological polar surface area (TPSA) is 118 Å². The fourth-order valence-corrected chi connectivity index (χ4v) is 5.20. The number of nitrogens with one attached hydrogen (secondary N) is 2. The molecule has 2 amide bonds. The van der Waals surface area contributed by atoms with Crippen molar-refractivity contribution in [1.29, 1.82) is 0 Å². The number of rotatable bonds is 8. The minimum absolute atomic E-state index is 0.0631. The molecule has 4 aromatic rings. The van der Waals surface area contributed by atoms with Crippen LogP contribution in [0.4, 0.5) is 22.2 Å². The SMILES string of the molecule is CN(c1cc(-c2ccccc2)c2ncn(C)c2c1)c1ccnc(NCC2CCN(C(=O)CNC(=O)OC(C)(C)C)CC2)n1. The number of nitrogens with zero attached hydrogens (tertiary/aromatic N) is 6. The Hall–Kier alpha value is -4.67. The van der Waals surface area contributed by atoms with Crippen LogP contribution >= 0.6 is 0 Å². The van der Waals surface area contributed by atoms with Crippen LogP contribution in [0.15, 0.2) is 61.1 Å². The Labute approximate surface area is 252 Å². The van der Waals surface area contributed by atoms with Crippen molar-refractivity contribution in [3.63, 3.8) is 0 Å². The molecular formula is C32H40N8O3. The summed E-state index contributed by atoms with van der Waals surface area (Å²) in [5.41, 5.74) is 4.58. The summed E-state index contributed by atoms with van der Waals surface area (Å²) in [6, 6.07) is 16.5. The number of ether oxygens (including phenoxy) is 1. The van der Waals surface area contributed by atoms with Gasteiger partial charge in [0.25, 0.3) is 0 Å². The van der Waals surface area contributed by atoms with E-state index in [0.29, 0.717) is 31.5 Å². The molecule has 0 aliphatic carbocycles. The summed E-state index contributed by atoms with van der Waals surface area (Å²) < 4.78 is 7.24. The normalized spacial score (nSPS) is 14.0. The van der Waals surface area contributed by atoms with Crippen molar-refractivity contribution in [2.24, 2.45) is 13.0 Å². The quantitative estimate of drug-likeness (QED) is 0.298. The highest BCUT2D eigenvalue weighted by atomic mass is 16.6. The first-order valence-electron chi connectivity index (χ1n) is 14.6. The molecule has 1 saturated heterocycles. The Morgan fingerprint density at radius 1 is 1.07 bits per heavy atom. The number of likely N-dealkylation sites (tertiary alicyclic amines) is 1. The number of fused-ring (bicyclic) bond motifs is 1. The lowest BCUT2D eigenvalue weighted by atomic mass is 9.97. The summed E-state index contributed by atoms with van der Waals surface area (Å²) in [6.45, 7) is 7.30. The molecule has 1 aliphatic rings. The van der Waals surface area contributed by atoms with E-state index in [2.05, 4.69) is 49.8 Å². The standard InChI is InChI=1S/C32H40N8O3/c1-32(2,3)43-31(42)35-20-28(41)40-15-12-22(13-16-40)19-34-30-33-14-11-27(37-30)39(5)24-17-25(23-9-7-6-8-10-23)29-26(18-24)38(4)21-36-29/h6-11,14,17-18,21-22H,12-13,15-16,19-20H2,1-5H3,(H,35,42)(H,33,34,37). The maximum Gasteiger partial charge on any atom is 0.408 e. The lowest BCUT2D eigenvalue weighted by Gasteiger charge is -2.32. The van der Waals surface area contributed by atoms with E-state index in [1.807, 2.05) is 49.3 Å². The first kappa shape index (κ1) is 29.8. The van der Waals surface area contributed by atoms with Crippen LogP contribution in [0.1, 0.15) is 33.6 Å². The van der Waals surface area contributed by atoms with Crippen molar-refractivity contribution in [3.8, 4) is 11.1 Å². The molecule has 11 nitrogen and oxygen atoms in total. The molecule has 0 saturated carbocycles. The molecule has 0 spiro atoms. The lowest BCUT2D eigenvalue weighted by molar-refractivity contribution is -0.131. The van der Waals surface area contributed by atoms with Crippen LogP contribution < -0.4 is 15.5 Å². The van der Waals surface area contributed by atoms with Crippen molar-refractivity contribution in [1.82, 2.24) is 29.7 Å².